The van der Waals surface area contributed by atoms with E-state index in [1.165, 1.54) is 11.0 Å². The van der Waals surface area contributed by atoms with Gasteiger partial charge < -0.3 is 19.5 Å². The van der Waals surface area contributed by atoms with Crippen molar-refractivity contribution in [1.29, 1.82) is 0 Å². The van der Waals surface area contributed by atoms with Gasteiger partial charge in [-0.3, -0.25) is 9.59 Å². The van der Waals surface area contributed by atoms with E-state index in [0.29, 0.717) is 31.9 Å². The van der Waals surface area contributed by atoms with E-state index in [9.17, 15) is 14.7 Å². The number of hydrogen-bond acceptors (Lipinski definition) is 5. The lowest BCUT2D eigenvalue weighted by molar-refractivity contribution is -0.129. The number of rotatable bonds is 11. The summed E-state index contributed by atoms with van der Waals surface area (Å²) >= 11 is 0. The summed E-state index contributed by atoms with van der Waals surface area (Å²) in [5, 5.41) is 10.7. The molecule has 0 saturated carbocycles. The molecule has 1 aliphatic rings. The summed E-state index contributed by atoms with van der Waals surface area (Å²) < 4.78 is 11.1. The van der Waals surface area contributed by atoms with Crippen LogP contribution < -0.4 is 4.74 Å². The van der Waals surface area contributed by atoms with Gasteiger partial charge in [0.1, 0.15) is 5.75 Å². The number of aliphatic hydroxyl groups excluding tert-OH is 1. The van der Waals surface area contributed by atoms with Gasteiger partial charge >= 0.3 is 0 Å². The lowest BCUT2D eigenvalue weighted by Gasteiger charge is -2.27. The van der Waals surface area contributed by atoms with Crippen molar-refractivity contribution in [2.75, 3.05) is 19.8 Å². The number of carbonyl (C=O) groups is 2. The van der Waals surface area contributed by atoms with Crippen LogP contribution in [0.5, 0.6) is 5.75 Å². The number of aliphatic hydroxyl groups is 1. The summed E-state index contributed by atoms with van der Waals surface area (Å²) in [6.45, 7) is 7.18. The van der Waals surface area contributed by atoms with Crippen LogP contribution in [0.15, 0.2) is 72.0 Å². The van der Waals surface area contributed by atoms with Crippen LogP contribution in [0, 0.1) is 0 Å². The molecular weight excluding hydrogens is 418 g/mol. The van der Waals surface area contributed by atoms with Crippen LogP contribution in [0.2, 0.25) is 0 Å². The first-order valence-corrected chi connectivity index (χ1v) is 11.3. The summed E-state index contributed by atoms with van der Waals surface area (Å²) in [4.78, 5) is 27.7. The molecule has 0 aliphatic carbocycles. The number of benzene rings is 2. The molecule has 1 heterocycles. The zero-order chi connectivity index (χ0) is 23.8. The first-order chi connectivity index (χ1) is 15.9. The lowest BCUT2D eigenvalue weighted by Crippen LogP contribution is -2.32. The van der Waals surface area contributed by atoms with Crippen molar-refractivity contribution < 1.29 is 24.2 Å². The van der Waals surface area contributed by atoms with Crippen molar-refractivity contribution in [3.05, 3.63) is 83.1 Å². The molecule has 0 saturated heterocycles. The Balaban J connectivity index is 1.89. The zero-order valence-electron chi connectivity index (χ0n) is 19.4. The van der Waals surface area contributed by atoms with Gasteiger partial charge in [0, 0.05) is 13.2 Å². The molecule has 174 valence electrons. The molecule has 2 aromatic rings. The van der Waals surface area contributed by atoms with Crippen LogP contribution in [0.1, 0.15) is 44.4 Å². The van der Waals surface area contributed by atoms with Crippen molar-refractivity contribution in [2.24, 2.45) is 0 Å². The number of ketones is 1. The van der Waals surface area contributed by atoms with Crippen LogP contribution in [-0.2, 0) is 14.3 Å². The molecule has 0 spiro atoms. The molecule has 33 heavy (non-hydrogen) atoms. The van der Waals surface area contributed by atoms with Gasteiger partial charge in [-0.05, 0) is 56.5 Å². The molecule has 0 radical (unpaired) electrons. The number of nitrogens with zero attached hydrogens (tertiary/aromatic N) is 1. The van der Waals surface area contributed by atoms with Crippen LogP contribution in [0.4, 0.5) is 0 Å². The summed E-state index contributed by atoms with van der Waals surface area (Å²) in [5.74, 6) is -0.742. The van der Waals surface area contributed by atoms with Crippen molar-refractivity contribution in [3.63, 3.8) is 0 Å². The third-order valence-electron chi connectivity index (χ3n) is 5.30. The van der Waals surface area contributed by atoms with Crippen molar-refractivity contribution >= 4 is 17.8 Å². The maximum absolute atomic E-state index is 13.2. The van der Waals surface area contributed by atoms with Gasteiger partial charge in [0.25, 0.3) is 5.91 Å². The summed E-state index contributed by atoms with van der Waals surface area (Å²) in [6.07, 6.45) is 3.77. The molecule has 0 bridgehead atoms. The molecule has 6 heteroatoms. The monoisotopic (exact) mass is 449 g/mol. The van der Waals surface area contributed by atoms with E-state index >= 15 is 0 Å². The number of hydrogen-bond donors (Lipinski definition) is 1. The highest BCUT2D eigenvalue weighted by Gasteiger charge is 2.42. The molecule has 0 aromatic heterocycles. The van der Waals surface area contributed by atoms with E-state index < -0.39 is 23.5 Å². The SMILES string of the molecule is CCOc1ccc([C@H]2C(C(=O)/C=C/c3ccccc3)=C(O)C(=O)N2CCCOC(C)C)cc1. The molecule has 1 amide bonds. The van der Waals surface area contributed by atoms with E-state index in [2.05, 4.69) is 0 Å². The van der Waals surface area contributed by atoms with Gasteiger partial charge in [-0.2, -0.15) is 0 Å². The van der Waals surface area contributed by atoms with E-state index in [-0.39, 0.29) is 11.7 Å². The predicted octanol–water partition coefficient (Wildman–Crippen LogP) is 4.88. The van der Waals surface area contributed by atoms with Gasteiger partial charge in [-0.1, -0.05) is 48.5 Å². The second-order valence-corrected chi connectivity index (χ2v) is 8.05. The van der Waals surface area contributed by atoms with Crippen LogP contribution in [-0.4, -0.2) is 47.6 Å². The largest absolute Gasteiger partial charge is 0.503 e. The molecule has 6 nitrogen and oxygen atoms in total. The number of carbonyl (C=O) groups excluding carboxylic acids is 2. The fourth-order valence-corrected chi connectivity index (χ4v) is 3.78. The number of ether oxygens (including phenoxy) is 2. The fourth-order valence-electron chi connectivity index (χ4n) is 3.78. The van der Waals surface area contributed by atoms with Crippen molar-refractivity contribution in [2.45, 2.75) is 39.3 Å². The van der Waals surface area contributed by atoms with E-state index in [1.54, 1.807) is 18.2 Å². The van der Waals surface area contributed by atoms with E-state index in [4.69, 9.17) is 9.47 Å². The Morgan fingerprint density at radius 1 is 1.12 bits per heavy atom. The van der Waals surface area contributed by atoms with Crippen molar-refractivity contribution in [1.82, 2.24) is 4.90 Å². The van der Waals surface area contributed by atoms with E-state index in [1.807, 2.05) is 63.2 Å². The van der Waals surface area contributed by atoms with Gasteiger partial charge in [-0.25, -0.2) is 0 Å². The standard InChI is InChI=1S/C27H31NO5/c1-4-32-22-14-12-21(13-15-22)25-24(23(29)16-11-20-9-6-5-7-10-20)26(30)27(31)28(25)17-8-18-33-19(2)3/h5-7,9-16,19,25,30H,4,8,17-18H2,1-3H3/b16-11+/t25-/m0/s1. The minimum Gasteiger partial charge on any atom is -0.503 e. The third-order valence-corrected chi connectivity index (χ3v) is 5.30. The Morgan fingerprint density at radius 2 is 1.82 bits per heavy atom. The quantitative estimate of drug-likeness (QED) is 0.391. The Labute approximate surface area is 195 Å². The highest BCUT2D eigenvalue weighted by molar-refractivity contribution is 6.14. The Kier molecular flexibility index (Phi) is 8.44. The first-order valence-electron chi connectivity index (χ1n) is 11.3. The first kappa shape index (κ1) is 24.3. The fraction of sp³-hybridized carbons (Fsp3) is 0.333. The molecule has 3 rings (SSSR count). The summed E-state index contributed by atoms with van der Waals surface area (Å²) in [5.41, 5.74) is 1.67. The molecule has 1 N–H and O–H groups in total. The maximum atomic E-state index is 13.2. The van der Waals surface area contributed by atoms with Gasteiger partial charge in [0.15, 0.2) is 11.5 Å². The van der Waals surface area contributed by atoms with Gasteiger partial charge in [0.2, 0.25) is 0 Å². The van der Waals surface area contributed by atoms with Gasteiger partial charge in [-0.15, -0.1) is 0 Å². The highest BCUT2D eigenvalue weighted by Crippen LogP contribution is 2.38. The van der Waals surface area contributed by atoms with E-state index in [0.717, 1.165) is 11.1 Å². The summed E-state index contributed by atoms with van der Waals surface area (Å²) in [7, 11) is 0. The highest BCUT2D eigenvalue weighted by atomic mass is 16.5. The molecule has 1 atom stereocenters. The minimum absolute atomic E-state index is 0.0844. The maximum Gasteiger partial charge on any atom is 0.290 e. The molecule has 0 fully saturated rings. The Bertz CT molecular complexity index is 1010. The summed E-state index contributed by atoms with van der Waals surface area (Å²) in [6, 6.07) is 16.0. The topological polar surface area (TPSA) is 76.1 Å². The second kappa shape index (κ2) is 11.5. The predicted molar refractivity (Wildman–Crippen MR) is 128 cm³/mol. The smallest absolute Gasteiger partial charge is 0.290 e. The minimum atomic E-state index is -0.680. The zero-order valence-corrected chi connectivity index (χ0v) is 19.4. The average Bonchev–Trinajstić information content (AvgIpc) is 3.06. The number of allylic oxidation sites excluding steroid dienone is 1. The molecular formula is C27H31NO5. The van der Waals surface area contributed by atoms with Crippen LogP contribution in [0.25, 0.3) is 6.08 Å². The normalized spacial score (nSPS) is 16.3. The lowest BCUT2D eigenvalue weighted by atomic mass is 9.95. The second-order valence-electron chi connectivity index (χ2n) is 8.05. The third kappa shape index (κ3) is 6.11. The van der Waals surface area contributed by atoms with Crippen molar-refractivity contribution in [3.8, 4) is 5.75 Å². The van der Waals surface area contributed by atoms with Crippen LogP contribution in [0.3, 0.4) is 0 Å². The average molecular weight is 450 g/mol. The Morgan fingerprint density at radius 3 is 2.45 bits per heavy atom. The van der Waals surface area contributed by atoms with Gasteiger partial charge in [0.05, 0.1) is 24.3 Å². The number of amides is 1. The Hall–Kier alpha value is -3.38. The molecule has 1 aliphatic heterocycles. The molecule has 0 unspecified atom stereocenters. The van der Waals surface area contributed by atoms with Crippen LogP contribution >= 0.6 is 0 Å². The molecule has 2 aromatic carbocycles.